The summed E-state index contributed by atoms with van der Waals surface area (Å²) in [6, 6.07) is 4.91. The lowest BCUT2D eigenvalue weighted by Crippen LogP contribution is -2.60. The third-order valence-corrected chi connectivity index (χ3v) is 8.32. The molecule has 12 heteroatoms. The number of carbonyl (C=O) groups is 2. The molecule has 1 aliphatic carbocycles. The van der Waals surface area contributed by atoms with Gasteiger partial charge in [-0.2, -0.15) is 26.3 Å². The van der Waals surface area contributed by atoms with Crippen molar-refractivity contribution in [1.82, 2.24) is 15.5 Å². The lowest BCUT2D eigenvalue weighted by molar-refractivity contribution is -0.138. The Labute approximate surface area is 226 Å². The Balaban J connectivity index is 1.36. The molecule has 1 saturated carbocycles. The van der Waals surface area contributed by atoms with Gasteiger partial charge in [-0.1, -0.05) is 18.2 Å². The van der Waals surface area contributed by atoms with Crippen molar-refractivity contribution in [3.05, 3.63) is 70.5 Å². The van der Waals surface area contributed by atoms with E-state index in [1.807, 2.05) is 0 Å². The number of piperidine rings is 3. The number of carbonyl (C=O) groups excluding carboxylic acids is 2. The summed E-state index contributed by atoms with van der Waals surface area (Å²) < 4.78 is 92.9. The molecule has 2 amide bonds. The topological polar surface area (TPSA) is 61.4 Å². The van der Waals surface area contributed by atoms with Crippen molar-refractivity contribution in [2.24, 2.45) is 5.92 Å². The molecule has 3 saturated heterocycles. The number of nitrogens with one attached hydrogen (secondary N) is 2. The van der Waals surface area contributed by atoms with E-state index >= 15 is 0 Å². The number of benzene rings is 2. The summed E-state index contributed by atoms with van der Waals surface area (Å²) in [6.07, 6.45) is -7.23. The fraction of sp³-hybridized carbons (Fsp3) is 0.500. The van der Waals surface area contributed by atoms with Gasteiger partial charge in [0, 0.05) is 24.6 Å². The van der Waals surface area contributed by atoms with Crippen molar-refractivity contribution >= 4 is 11.8 Å². The summed E-state index contributed by atoms with van der Waals surface area (Å²) in [5.74, 6) is -2.13. The summed E-state index contributed by atoms with van der Waals surface area (Å²) in [4.78, 5) is 29.1. The third-order valence-electron chi connectivity index (χ3n) is 8.32. The Morgan fingerprint density at radius 1 is 0.925 bits per heavy atom. The zero-order valence-electron chi connectivity index (χ0n) is 21.3. The van der Waals surface area contributed by atoms with Crippen LogP contribution in [0.1, 0.15) is 47.9 Å². The van der Waals surface area contributed by atoms with Crippen LogP contribution in [-0.2, 0) is 33.8 Å². The zero-order valence-corrected chi connectivity index (χ0v) is 21.3. The van der Waals surface area contributed by atoms with E-state index in [2.05, 4.69) is 15.5 Å². The SMILES string of the molecule is O=C(N[C@@H]1C[N@]2CC[C@H]1CC2)[C@H](Cc1ccc(C(F)(F)F)cc1)NC(=O)C1(c2ccc(C(F)(F)F)cc2F)CC1. The van der Waals surface area contributed by atoms with Gasteiger partial charge in [0.05, 0.1) is 16.5 Å². The second-order valence-corrected chi connectivity index (χ2v) is 11.0. The molecule has 0 spiro atoms. The average Bonchev–Trinajstić information content (AvgIpc) is 3.70. The van der Waals surface area contributed by atoms with E-state index in [9.17, 15) is 40.3 Å². The van der Waals surface area contributed by atoms with Crippen molar-refractivity contribution < 1.29 is 40.3 Å². The van der Waals surface area contributed by atoms with Crippen molar-refractivity contribution in [2.75, 3.05) is 19.6 Å². The summed E-state index contributed by atoms with van der Waals surface area (Å²) in [7, 11) is 0. The highest BCUT2D eigenvalue weighted by Crippen LogP contribution is 2.50. The number of hydrogen-bond donors (Lipinski definition) is 2. The first-order chi connectivity index (χ1) is 18.8. The number of alkyl halides is 6. The third kappa shape index (κ3) is 5.82. The molecule has 5 nitrogen and oxygen atoms in total. The van der Waals surface area contributed by atoms with E-state index in [1.165, 1.54) is 12.1 Å². The van der Waals surface area contributed by atoms with E-state index in [4.69, 9.17) is 0 Å². The highest BCUT2D eigenvalue weighted by molar-refractivity contribution is 5.95. The van der Waals surface area contributed by atoms with Crippen LogP contribution in [0, 0.1) is 11.7 Å². The van der Waals surface area contributed by atoms with Crippen molar-refractivity contribution in [3.8, 4) is 0 Å². The number of amides is 2. The molecule has 4 aliphatic rings. The normalized spacial score (nSPS) is 24.3. The Bertz CT molecular complexity index is 1260. The van der Waals surface area contributed by atoms with Gasteiger partial charge in [0.1, 0.15) is 11.9 Å². The molecule has 3 aliphatic heterocycles. The minimum atomic E-state index is -4.75. The summed E-state index contributed by atoms with van der Waals surface area (Å²) in [5.41, 5.74) is -3.29. The van der Waals surface area contributed by atoms with Gasteiger partial charge in [-0.05, 0) is 74.5 Å². The van der Waals surface area contributed by atoms with Gasteiger partial charge in [0.2, 0.25) is 11.8 Å². The molecule has 2 bridgehead atoms. The summed E-state index contributed by atoms with van der Waals surface area (Å²) in [6.45, 7) is 2.52. The molecule has 0 unspecified atom stereocenters. The van der Waals surface area contributed by atoms with Crippen LogP contribution in [0.15, 0.2) is 42.5 Å². The van der Waals surface area contributed by atoms with Crippen LogP contribution in [0.3, 0.4) is 0 Å². The molecule has 2 aromatic carbocycles. The maximum Gasteiger partial charge on any atom is 0.416 e. The molecule has 0 aromatic heterocycles. The lowest BCUT2D eigenvalue weighted by atomic mass is 9.84. The molecule has 2 atom stereocenters. The largest absolute Gasteiger partial charge is 0.416 e. The van der Waals surface area contributed by atoms with E-state index in [0.717, 1.165) is 44.1 Å². The molecule has 2 aromatic rings. The molecular weight excluding hydrogens is 543 g/mol. The average molecular weight is 572 g/mol. The van der Waals surface area contributed by atoms with Crippen LogP contribution in [0.4, 0.5) is 30.7 Å². The van der Waals surface area contributed by atoms with E-state index in [-0.39, 0.29) is 36.8 Å². The predicted molar refractivity (Wildman–Crippen MR) is 130 cm³/mol. The molecule has 40 heavy (non-hydrogen) atoms. The Morgan fingerprint density at radius 2 is 1.52 bits per heavy atom. The number of nitrogens with zero attached hydrogens (tertiary/aromatic N) is 1. The van der Waals surface area contributed by atoms with Crippen molar-refractivity contribution in [1.29, 1.82) is 0 Å². The van der Waals surface area contributed by atoms with E-state index in [0.29, 0.717) is 24.2 Å². The maximum atomic E-state index is 14.8. The first-order valence-electron chi connectivity index (χ1n) is 13.1. The summed E-state index contributed by atoms with van der Waals surface area (Å²) >= 11 is 0. The number of halogens is 7. The van der Waals surface area contributed by atoms with Gasteiger partial charge >= 0.3 is 12.4 Å². The van der Waals surface area contributed by atoms with Gasteiger partial charge in [-0.3, -0.25) is 9.59 Å². The molecule has 6 rings (SSSR count). The van der Waals surface area contributed by atoms with Crippen LogP contribution < -0.4 is 10.6 Å². The van der Waals surface area contributed by atoms with Gasteiger partial charge in [0.25, 0.3) is 0 Å². The molecule has 216 valence electrons. The van der Waals surface area contributed by atoms with Crippen molar-refractivity contribution in [3.63, 3.8) is 0 Å². The summed E-state index contributed by atoms with van der Waals surface area (Å²) in [5, 5.41) is 5.63. The van der Waals surface area contributed by atoms with Crippen LogP contribution in [-0.4, -0.2) is 48.4 Å². The molecule has 3 heterocycles. The Morgan fingerprint density at radius 3 is 2.02 bits per heavy atom. The van der Waals surface area contributed by atoms with Gasteiger partial charge < -0.3 is 15.5 Å². The molecule has 4 fully saturated rings. The van der Waals surface area contributed by atoms with Gasteiger partial charge in [0.15, 0.2) is 0 Å². The number of hydrogen-bond acceptors (Lipinski definition) is 3. The highest BCUT2D eigenvalue weighted by atomic mass is 19.4. The van der Waals surface area contributed by atoms with E-state index < -0.39 is 52.6 Å². The van der Waals surface area contributed by atoms with Crippen LogP contribution in [0.25, 0.3) is 0 Å². The minimum Gasteiger partial charge on any atom is -0.350 e. The van der Waals surface area contributed by atoms with Crippen LogP contribution in [0.5, 0.6) is 0 Å². The molecule has 0 radical (unpaired) electrons. The fourth-order valence-electron chi connectivity index (χ4n) is 5.81. The smallest absolute Gasteiger partial charge is 0.350 e. The van der Waals surface area contributed by atoms with Gasteiger partial charge in [-0.25, -0.2) is 4.39 Å². The Hall–Kier alpha value is -3.15. The maximum absolute atomic E-state index is 14.8. The monoisotopic (exact) mass is 571 g/mol. The molecule has 2 N–H and O–H groups in total. The molecular formula is C28H28F7N3O2. The highest BCUT2D eigenvalue weighted by Gasteiger charge is 2.54. The second kappa shape index (κ2) is 10.4. The van der Waals surface area contributed by atoms with Crippen molar-refractivity contribution in [2.45, 2.75) is 62.0 Å². The van der Waals surface area contributed by atoms with Crippen LogP contribution >= 0.6 is 0 Å². The van der Waals surface area contributed by atoms with E-state index in [1.54, 1.807) is 0 Å². The first kappa shape index (κ1) is 28.4. The van der Waals surface area contributed by atoms with Crippen LogP contribution in [0.2, 0.25) is 0 Å². The lowest BCUT2D eigenvalue weighted by Gasteiger charge is -2.45. The minimum absolute atomic E-state index is 0.123. The fourth-order valence-corrected chi connectivity index (χ4v) is 5.81. The number of rotatable bonds is 7. The second-order valence-electron chi connectivity index (χ2n) is 11.0. The first-order valence-corrected chi connectivity index (χ1v) is 13.1. The standard InChI is InChI=1S/C28H28F7N3O2/c29-21-14-19(28(33,34)35)5-6-20(21)26(9-10-26)25(40)37-22(13-16-1-3-18(4-2-16)27(30,31)32)24(39)36-23-15-38-11-7-17(23)8-12-38/h1-6,14,17,22-23H,7-13,15H2,(H,36,39)(H,37,40)/t22-,23+/m0/s1. The van der Waals surface area contributed by atoms with Gasteiger partial charge in [-0.15, -0.1) is 0 Å². The number of fused-ring (bicyclic) bond motifs is 3. The quantitative estimate of drug-likeness (QED) is 0.468. The Kier molecular flexibility index (Phi) is 7.35. The predicted octanol–water partition coefficient (Wildman–Crippen LogP) is 4.83. The zero-order chi connectivity index (χ0) is 28.9.